The number of nitrogens with two attached hydrogens (primary N) is 1. The molecule has 0 aliphatic heterocycles. The van der Waals surface area contributed by atoms with Gasteiger partial charge in [-0.15, -0.1) is 22.7 Å². The fourth-order valence-electron chi connectivity index (χ4n) is 2.48. The van der Waals surface area contributed by atoms with E-state index in [-0.39, 0.29) is 0 Å². The van der Waals surface area contributed by atoms with Gasteiger partial charge in [0.2, 0.25) is 0 Å². The van der Waals surface area contributed by atoms with Crippen LogP contribution in [0, 0.1) is 6.92 Å². The lowest BCUT2D eigenvalue weighted by Crippen LogP contribution is -2.21. The molecule has 2 heterocycles. The first kappa shape index (κ1) is 16.1. The molecule has 1 atom stereocenters. The molecule has 0 fully saturated rings. The Morgan fingerprint density at radius 1 is 1.22 bits per heavy atom. The number of nitrogens with zero attached hydrogens (tertiary/aromatic N) is 3. The Morgan fingerprint density at radius 2 is 1.96 bits per heavy atom. The van der Waals surface area contributed by atoms with Crippen LogP contribution in [0.2, 0.25) is 0 Å². The number of rotatable bonds is 5. The number of benzene rings is 1. The Kier molecular flexibility index (Phi) is 4.75. The fraction of sp³-hybridized carbons (Fsp3) is 0.294. The van der Waals surface area contributed by atoms with E-state index in [1.165, 1.54) is 15.3 Å². The van der Waals surface area contributed by atoms with E-state index in [2.05, 4.69) is 55.0 Å². The molecule has 3 rings (SSSR count). The monoisotopic (exact) mass is 344 g/mol. The van der Waals surface area contributed by atoms with Crippen molar-refractivity contribution in [1.82, 2.24) is 14.9 Å². The molecular formula is C17H20N4S2. The van der Waals surface area contributed by atoms with Crippen molar-refractivity contribution >= 4 is 27.8 Å². The largest absolute Gasteiger partial charge is 0.375 e. The van der Waals surface area contributed by atoms with Crippen LogP contribution in [0.3, 0.4) is 0 Å². The van der Waals surface area contributed by atoms with Gasteiger partial charge in [0.05, 0.1) is 5.69 Å². The summed E-state index contributed by atoms with van der Waals surface area (Å²) in [6.45, 7) is 5.15. The lowest BCUT2D eigenvalue weighted by molar-refractivity contribution is 0.257. The number of nitrogen functional groups attached to an aromatic ring is 1. The van der Waals surface area contributed by atoms with Crippen molar-refractivity contribution in [3.63, 3.8) is 0 Å². The molecule has 0 aliphatic rings. The summed E-state index contributed by atoms with van der Waals surface area (Å²) in [5.41, 5.74) is 8.00. The normalized spacial score (nSPS) is 12.7. The number of aryl methyl sites for hydroxylation is 1. The van der Waals surface area contributed by atoms with Gasteiger partial charge in [-0.25, -0.2) is 9.97 Å². The minimum atomic E-state index is 0.299. The zero-order valence-corrected chi connectivity index (χ0v) is 15.1. The summed E-state index contributed by atoms with van der Waals surface area (Å²) in [4.78, 5) is 13.7. The third-order valence-electron chi connectivity index (χ3n) is 3.87. The van der Waals surface area contributed by atoms with Gasteiger partial charge in [-0.2, -0.15) is 0 Å². The minimum absolute atomic E-state index is 0.299. The number of aromatic nitrogens is 2. The van der Waals surface area contributed by atoms with E-state index in [0.29, 0.717) is 11.2 Å². The maximum absolute atomic E-state index is 5.71. The highest BCUT2D eigenvalue weighted by atomic mass is 32.1. The Bertz CT molecular complexity index is 779. The van der Waals surface area contributed by atoms with Gasteiger partial charge in [-0.1, -0.05) is 30.3 Å². The van der Waals surface area contributed by atoms with Crippen LogP contribution in [0.4, 0.5) is 5.13 Å². The highest BCUT2D eigenvalue weighted by Gasteiger charge is 2.19. The Hall–Kier alpha value is -1.76. The first-order valence-corrected chi connectivity index (χ1v) is 9.11. The maximum atomic E-state index is 5.71. The van der Waals surface area contributed by atoms with Crippen LogP contribution in [0.15, 0.2) is 36.5 Å². The first-order chi connectivity index (χ1) is 11.0. The molecule has 1 unspecified atom stereocenters. The molecule has 3 aromatic rings. The van der Waals surface area contributed by atoms with Crippen LogP contribution < -0.4 is 5.73 Å². The van der Waals surface area contributed by atoms with Gasteiger partial charge in [0.15, 0.2) is 5.13 Å². The van der Waals surface area contributed by atoms with E-state index in [0.717, 1.165) is 17.2 Å². The molecule has 0 amide bonds. The van der Waals surface area contributed by atoms with Crippen molar-refractivity contribution in [1.29, 1.82) is 0 Å². The Morgan fingerprint density at radius 3 is 2.61 bits per heavy atom. The van der Waals surface area contributed by atoms with Gasteiger partial charge in [0, 0.05) is 34.1 Å². The molecular weight excluding hydrogens is 324 g/mol. The van der Waals surface area contributed by atoms with E-state index < -0.39 is 0 Å². The van der Waals surface area contributed by atoms with Gasteiger partial charge in [-0.3, -0.25) is 4.90 Å². The predicted molar refractivity (Wildman–Crippen MR) is 98.7 cm³/mol. The molecule has 4 nitrogen and oxygen atoms in total. The van der Waals surface area contributed by atoms with Crippen molar-refractivity contribution in [3.05, 3.63) is 52.0 Å². The molecule has 23 heavy (non-hydrogen) atoms. The second kappa shape index (κ2) is 6.78. The third kappa shape index (κ3) is 3.60. The van der Waals surface area contributed by atoms with Gasteiger partial charge in [-0.05, 0) is 20.9 Å². The second-order valence-corrected chi connectivity index (χ2v) is 7.77. The van der Waals surface area contributed by atoms with Crippen molar-refractivity contribution < 1.29 is 0 Å². The molecule has 0 spiro atoms. The summed E-state index contributed by atoms with van der Waals surface area (Å²) < 4.78 is 0. The highest BCUT2D eigenvalue weighted by molar-refractivity contribution is 7.15. The van der Waals surface area contributed by atoms with Crippen molar-refractivity contribution in [2.75, 3.05) is 12.8 Å². The Labute approximate surface area is 144 Å². The van der Waals surface area contributed by atoms with Crippen molar-refractivity contribution in [3.8, 4) is 10.6 Å². The molecule has 0 aliphatic carbocycles. The van der Waals surface area contributed by atoms with E-state index >= 15 is 0 Å². The number of hydrogen-bond acceptors (Lipinski definition) is 6. The summed E-state index contributed by atoms with van der Waals surface area (Å²) in [6, 6.07) is 10.6. The maximum Gasteiger partial charge on any atom is 0.180 e. The van der Waals surface area contributed by atoms with Gasteiger partial charge in [0.25, 0.3) is 0 Å². The molecule has 0 saturated carbocycles. The van der Waals surface area contributed by atoms with Crippen LogP contribution >= 0.6 is 22.7 Å². The fourth-order valence-corrected chi connectivity index (χ4v) is 4.41. The van der Waals surface area contributed by atoms with E-state index in [1.807, 2.05) is 12.3 Å². The molecule has 1 aromatic carbocycles. The minimum Gasteiger partial charge on any atom is -0.375 e. The van der Waals surface area contributed by atoms with Crippen LogP contribution in [-0.4, -0.2) is 21.9 Å². The number of thiazole rings is 2. The zero-order chi connectivity index (χ0) is 16.4. The third-order valence-corrected chi connectivity index (χ3v) is 6.06. The quantitative estimate of drug-likeness (QED) is 0.747. The van der Waals surface area contributed by atoms with Crippen LogP contribution in [0.25, 0.3) is 10.6 Å². The average molecular weight is 345 g/mol. The highest BCUT2D eigenvalue weighted by Crippen LogP contribution is 2.34. The van der Waals surface area contributed by atoms with Crippen LogP contribution in [-0.2, 0) is 6.54 Å². The molecule has 6 heteroatoms. The molecule has 0 bridgehead atoms. The molecule has 0 saturated heterocycles. The zero-order valence-electron chi connectivity index (χ0n) is 13.5. The van der Waals surface area contributed by atoms with Crippen molar-refractivity contribution in [2.45, 2.75) is 26.4 Å². The smallest absolute Gasteiger partial charge is 0.180 e. The lowest BCUT2D eigenvalue weighted by Gasteiger charge is -2.23. The summed E-state index contributed by atoms with van der Waals surface area (Å²) in [5, 5.41) is 1.71. The van der Waals surface area contributed by atoms with E-state index in [9.17, 15) is 0 Å². The molecule has 0 radical (unpaired) electrons. The summed E-state index contributed by atoms with van der Waals surface area (Å²) in [7, 11) is 2.13. The molecule has 2 aromatic heterocycles. The van der Waals surface area contributed by atoms with Gasteiger partial charge < -0.3 is 5.73 Å². The van der Waals surface area contributed by atoms with Crippen molar-refractivity contribution in [2.24, 2.45) is 0 Å². The summed E-state index contributed by atoms with van der Waals surface area (Å²) in [5.74, 6) is 0. The number of hydrogen-bond donors (Lipinski definition) is 1. The van der Waals surface area contributed by atoms with E-state index in [1.54, 1.807) is 22.7 Å². The Balaban J connectivity index is 1.79. The van der Waals surface area contributed by atoms with Gasteiger partial charge in [0.1, 0.15) is 5.01 Å². The first-order valence-electron chi connectivity index (χ1n) is 7.47. The SMILES string of the molecule is Cc1nc(-c2ccccc2)sc1C(C)N(C)Cc1cnc(N)s1. The van der Waals surface area contributed by atoms with Gasteiger partial charge >= 0.3 is 0 Å². The topological polar surface area (TPSA) is 55.0 Å². The standard InChI is InChI=1S/C17H20N4S2/c1-11-15(23-16(20-11)13-7-5-4-6-8-13)12(2)21(3)10-14-9-19-17(18)22-14/h4-9,12H,10H2,1-3H3,(H2,18,19). The average Bonchev–Trinajstić information content (AvgIpc) is 3.13. The van der Waals surface area contributed by atoms with Crippen LogP contribution in [0.5, 0.6) is 0 Å². The van der Waals surface area contributed by atoms with E-state index in [4.69, 9.17) is 10.7 Å². The second-order valence-electron chi connectivity index (χ2n) is 5.59. The molecule has 120 valence electrons. The predicted octanol–water partition coefficient (Wildman–Crippen LogP) is 4.35. The molecule has 2 N–H and O–H groups in total. The number of anilines is 1. The summed E-state index contributed by atoms with van der Waals surface area (Å²) in [6.07, 6.45) is 1.86. The lowest BCUT2D eigenvalue weighted by atomic mass is 10.2. The van der Waals surface area contributed by atoms with Crippen LogP contribution in [0.1, 0.15) is 28.4 Å². The summed E-state index contributed by atoms with van der Waals surface area (Å²) >= 11 is 3.32.